The van der Waals surface area contributed by atoms with Crippen LogP contribution in [-0.4, -0.2) is 41.1 Å². The average Bonchev–Trinajstić information content (AvgIpc) is 3.10. The molecule has 0 radical (unpaired) electrons. The molecule has 126 valence electrons. The summed E-state index contributed by atoms with van der Waals surface area (Å²) >= 11 is 0. The lowest BCUT2D eigenvalue weighted by molar-refractivity contribution is 0.198. The Morgan fingerprint density at radius 2 is 2.09 bits per heavy atom. The van der Waals surface area contributed by atoms with Crippen LogP contribution in [0, 0.1) is 5.41 Å². The Labute approximate surface area is 145 Å². The fraction of sp³-hybridized carbons (Fsp3) is 0.500. The lowest BCUT2D eigenvalue weighted by Gasteiger charge is -2.29. The van der Waals surface area contributed by atoms with Crippen molar-refractivity contribution in [3.05, 3.63) is 54.1 Å². The van der Waals surface area contributed by atoms with Crippen LogP contribution in [0.4, 0.5) is 0 Å². The molecule has 0 amide bonds. The molecule has 1 aliphatic rings. The Kier molecular flexibility index (Phi) is 6.22. The lowest BCUT2D eigenvalue weighted by atomic mass is 9.89. The Bertz CT molecular complexity index is 590. The molecule has 0 spiro atoms. The van der Waals surface area contributed by atoms with Gasteiger partial charge in [0.25, 0.3) is 0 Å². The van der Waals surface area contributed by atoms with E-state index in [-0.39, 0.29) is 12.4 Å². The summed E-state index contributed by atoms with van der Waals surface area (Å²) in [6.45, 7) is 7.54. The third-order valence-corrected chi connectivity index (χ3v) is 4.52. The molecule has 0 aliphatic carbocycles. The number of hydrogen-bond acceptors (Lipinski definition) is 3. The summed E-state index contributed by atoms with van der Waals surface area (Å²) in [5.74, 6) is 1.14. The zero-order chi connectivity index (χ0) is 15.4. The molecule has 2 aromatic rings. The number of nitrogens with zero attached hydrogens (tertiary/aromatic N) is 3. The van der Waals surface area contributed by atoms with Gasteiger partial charge in [-0.1, -0.05) is 37.3 Å². The molecule has 4 nitrogen and oxygen atoms in total. The highest BCUT2D eigenvalue weighted by molar-refractivity contribution is 5.85. The van der Waals surface area contributed by atoms with Gasteiger partial charge in [0.05, 0.1) is 6.54 Å². The molecule has 1 aromatic heterocycles. The van der Waals surface area contributed by atoms with Crippen LogP contribution in [-0.2, 0) is 13.1 Å². The van der Waals surface area contributed by atoms with E-state index in [2.05, 4.69) is 70.3 Å². The molecule has 23 heavy (non-hydrogen) atoms. The summed E-state index contributed by atoms with van der Waals surface area (Å²) in [5.41, 5.74) is 1.71. The SMILES string of the molecule is CN(Cc1nccn1Cc1ccccc1)CC1(C)CCNC1.Cl. The summed E-state index contributed by atoms with van der Waals surface area (Å²) in [6.07, 6.45) is 5.25. The summed E-state index contributed by atoms with van der Waals surface area (Å²) in [4.78, 5) is 6.95. The van der Waals surface area contributed by atoms with Crippen LogP contribution in [0.15, 0.2) is 42.7 Å². The van der Waals surface area contributed by atoms with Gasteiger partial charge < -0.3 is 9.88 Å². The lowest BCUT2D eigenvalue weighted by Crippen LogP contribution is -2.35. The fourth-order valence-electron chi connectivity index (χ4n) is 3.37. The third-order valence-electron chi connectivity index (χ3n) is 4.52. The molecule has 0 bridgehead atoms. The Balaban J connectivity index is 0.00000192. The van der Waals surface area contributed by atoms with Crippen LogP contribution in [0.5, 0.6) is 0 Å². The molecule has 5 heteroatoms. The van der Waals surface area contributed by atoms with Crippen LogP contribution >= 0.6 is 12.4 Å². The average molecular weight is 335 g/mol. The van der Waals surface area contributed by atoms with E-state index in [9.17, 15) is 0 Å². The monoisotopic (exact) mass is 334 g/mol. The molecular formula is C18H27ClN4. The van der Waals surface area contributed by atoms with Gasteiger partial charge in [0.15, 0.2) is 0 Å². The van der Waals surface area contributed by atoms with Crippen molar-refractivity contribution < 1.29 is 0 Å². The maximum absolute atomic E-state index is 4.56. The van der Waals surface area contributed by atoms with Crippen LogP contribution in [0.1, 0.15) is 24.7 Å². The number of benzene rings is 1. The minimum absolute atomic E-state index is 0. The van der Waals surface area contributed by atoms with E-state index >= 15 is 0 Å². The Hall–Kier alpha value is -1.36. The number of halogens is 1. The van der Waals surface area contributed by atoms with Crippen molar-refractivity contribution in [2.24, 2.45) is 5.41 Å². The first kappa shape index (κ1) is 18.0. The minimum atomic E-state index is 0. The van der Waals surface area contributed by atoms with Gasteiger partial charge in [0, 0.05) is 32.0 Å². The van der Waals surface area contributed by atoms with Crippen LogP contribution in [0.3, 0.4) is 0 Å². The van der Waals surface area contributed by atoms with Crippen LogP contribution < -0.4 is 5.32 Å². The predicted molar refractivity (Wildman–Crippen MR) is 96.9 cm³/mol. The first-order valence-electron chi connectivity index (χ1n) is 8.08. The quantitative estimate of drug-likeness (QED) is 0.881. The largest absolute Gasteiger partial charge is 0.329 e. The van der Waals surface area contributed by atoms with E-state index in [1.807, 2.05) is 6.20 Å². The van der Waals surface area contributed by atoms with E-state index in [0.29, 0.717) is 5.41 Å². The summed E-state index contributed by atoms with van der Waals surface area (Å²) in [7, 11) is 2.20. The highest BCUT2D eigenvalue weighted by atomic mass is 35.5. The molecule has 1 fully saturated rings. The number of rotatable bonds is 6. The number of hydrogen-bond donors (Lipinski definition) is 1. The van der Waals surface area contributed by atoms with Crippen molar-refractivity contribution in [3.8, 4) is 0 Å². The minimum Gasteiger partial charge on any atom is -0.329 e. The second kappa shape index (κ2) is 7.95. The van der Waals surface area contributed by atoms with Gasteiger partial charge in [0.1, 0.15) is 5.82 Å². The highest BCUT2D eigenvalue weighted by Gasteiger charge is 2.29. The van der Waals surface area contributed by atoms with Gasteiger partial charge >= 0.3 is 0 Å². The van der Waals surface area contributed by atoms with E-state index in [4.69, 9.17) is 0 Å². The van der Waals surface area contributed by atoms with Gasteiger partial charge in [-0.25, -0.2) is 4.98 Å². The second-order valence-electron chi connectivity index (χ2n) is 6.87. The predicted octanol–water partition coefficient (Wildman–Crippen LogP) is 2.78. The van der Waals surface area contributed by atoms with Crippen LogP contribution in [0.2, 0.25) is 0 Å². The molecule has 2 heterocycles. The maximum atomic E-state index is 4.56. The van der Waals surface area contributed by atoms with E-state index < -0.39 is 0 Å². The summed E-state index contributed by atoms with van der Waals surface area (Å²) < 4.78 is 2.25. The standard InChI is InChI=1S/C18H26N4.ClH/c1-18(8-9-19-14-18)15-21(2)13-17-20-10-11-22(17)12-16-6-4-3-5-7-16;/h3-7,10-11,19H,8-9,12-15H2,1-2H3;1H. The Morgan fingerprint density at radius 3 is 2.78 bits per heavy atom. The molecule has 1 saturated heterocycles. The highest BCUT2D eigenvalue weighted by Crippen LogP contribution is 2.25. The second-order valence-corrected chi connectivity index (χ2v) is 6.87. The van der Waals surface area contributed by atoms with Gasteiger partial charge in [0.2, 0.25) is 0 Å². The van der Waals surface area contributed by atoms with Crippen molar-refractivity contribution in [2.45, 2.75) is 26.4 Å². The van der Waals surface area contributed by atoms with Crippen molar-refractivity contribution >= 4 is 12.4 Å². The molecular weight excluding hydrogens is 308 g/mol. The third kappa shape index (κ3) is 4.80. The molecule has 1 N–H and O–H groups in total. The van der Waals surface area contributed by atoms with Gasteiger partial charge in [-0.05, 0) is 31.0 Å². The topological polar surface area (TPSA) is 33.1 Å². The number of aromatic nitrogens is 2. The van der Waals surface area contributed by atoms with E-state index in [0.717, 1.165) is 38.5 Å². The molecule has 1 aliphatic heterocycles. The summed E-state index contributed by atoms with van der Waals surface area (Å²) in [5, 5.41) is 3.47. The van der Waals surface area contributed by atoms with Crippen molar-refractivity contribution in [2.75, 3.05) is 26.7 Å². The van der Waals surface area contributed by atoms with Gasteiger partial charge in [-0.2, -0.15) is 0 Å². The van der Waals surface area contributed by atoms with Gasteiger partial charge in [-0.3, -0.25) is 4.90 Å². The molecule has 1 unspecified atom stereocenters. The number of imidazole rings is 1. The first-order valence-corrected chi connectivity index (χ1v) is 8.08. The fourth-order valence-corrected chi connectivity index (χ4v) is 3.37. The molecule has 1 atom stereocenters. The zero-order valence-electron chi connectivity index (χ0n) is 14.0. The molecule has 1 aromatic carbocycles. The molecule has 0 saturated carbocycles. The molecule has 3 rings (SSSR count). The van der Waals surface area contributed by atoms with E-state index in [1.165, 1.54) is 12.0 Å². The Morgan fingerprint density at radius 1 is 1.30 bits per heavy atom. The normalized spacial score (nSPS) is 20.7. The maximum Gasteiger partial charge on any atom is 0.123 e. The van der Waals surface area contributed by atoms with Crippen molar-refractivity contribution in [3.63, 3.8) is 0 Å². The van der Waals surface area contributed by atoms with Crippen molar-refractivity contribution in [1.29, 1.82) is 0 Å². The summed E-state index contributed by atoms with van der Waals surface area (Å²) in [6, 6.07) is 10.6. The number of nitrogens with one attached hydrogen (secondary N) is 1. The zero-order valence-corrected chi connectivity index (χ0v) is 14.9. The first-order chi connectivity index (χ1) is 10.6. The smallest absolute Gasteiger partial charge is 0.123 e. The van der Waals surface area contributed by atoms with E-state index in [1.54, 1.807) is 0 Å². The van der Waals surface area contributed by atoms with Crippen molar-refractivity contribution in [1.82, 2.24) is 19.8 Å². The van der Waals surface area contributed by atoms with Gasteiger partial charge in [-0.15, -0.1) is 12.4 Å². The van der Waals surface area contributed by atoms with Crippen LogP contribution in [0.25, 0.3) is 0 Å².